The highest BCUT2D eigenvalue weighted by Gasteiger charge is 2.48. The molecule has 0 heterocycles. The fraction of sp³-hybridized carbons (Fsp3) is 0.318. The van der Waals surface area contributed by atoms with Gasteiger partial charge in [-0.3, -0.25) is 0 Å². The highest BCUT2D eigenvalue weighted by atomic mass is 16.1. The maximum absolute atomic E-state index is 11.8. The molecule has 1 saturated carbocycles. The molecule has 0 spiro atoms. The molecule has 0 saturated heterocycles. The highest BCUT2D eigenvalue weighted by Crippen LogP contribution is 2.50. The lowest BCUT2D eigenvalue weighted by Crippen LogP contribution is -2.31. The molecule has 0 aromatic heterocycles. The molecule has 2 aromatic carbocycles. The summed E-state index contributed by atoms with van der Waals surface area (Å²) in [5.41, 5.74) is -0.327. The number of fused-ring (bicyclic) bond motifs is 1. The molecule has 1 aliphatic rings. The van der Waals surface area contributed by atoms with E-state index in [0.29, 0.717) is 12.8 Å². The van der Waals surface area contributed by atoms with Crippen molar-refractivity contribution in [1.82, 2.24) is 0 Å². The van der Waals surface area contributed by atoms with E-state index in [1.54, 1.807) is 0 Å². The Labute approximate surface area is 148 Å². The Morgan fingerprint density at radius 2 is 1.80 bits per heavy atom. The second-order valence-corrected chi connectivity index (χ2v) is 6.86. The van der Waals surface area contributed by atoms with Gasteiger partial charge in [0.25, 0.3) is 0 Å². The van der Waals surface area contributed by atoms with Gasteiger partial charge in [0.2, 0.25) is 0 Å². The topological polar surface area (TPSA) is 64.7 Å². The first-order chi connectivity index (χ1) is 12.2. The normalized spacial score (nSPS) is 25.3. The SMILES string of the molecule is C=C[C@@H]1CC[C@H](C=O)[C@@H](c2ccc3ccccc3c2)C(C#N)(C#N)C1. The molecule has 0 aliphatic heterocycles. The summed E-state index contributed by atoms with van der Waals surface area (Å²) < 4.78 is 0. The Morgan fingerprint density at radius 1 is 1.08 bits per heavy atom. The number of hydrogen-bond donors (Lipinski definition) is 0. The maximum atomic E-state index is 11.8. The molecule has 3 heteroatoms. The van der Waals surface area contributed by atoms with Crippen molar-refractivity contribution >= 4 is 17.1 Å². The van der Waals surface area contributed by atoms with Crippen LogP contribution in [-0.2, 0) is 4.79 Å². The monoisotopic (exact) mass is 328 g/mol. The summed E-state index contributed by atoms with van der Waals surface area (Å²) in [6.45, 7) is 3.84. The van der Waals surface area contributed by atoms with Crippen LogP contribution in [0.4, 0.5) is 0 Å². The van der Waals surface area contributed by atoms with Crippen molar-refractivity contribution in [2.24, 2.45) is 17.3 Å². The van der Waals surface area contributed by atoms with Crippen LogP contribution in [0.1, 0.15) is 30.7 Å². The predicted molar refractivity (Wildman–Crippen MR) is 97.4 cm³/mol. The van der Waals surface area contributed by atoms with Gasteiger partial charge in [-0.1, -0.05) is 48.5 Å². The molecule has 3 atom stereocenters. The molecular weight excluding hydrogens is 308 g/mol. The first-order valence-corrected chi connectivity index (χ1v) is 8.56. The summed E-state index contributed by atoms with van der Waals surface area (Å²) in [6.07, 6.45) is 4.61. The van der Waals surface area contributed by atoms with Crippen molar-refractivity contribution in [3.8, 4) is 12.1 Å². The van der Waals surface area contributed by atoms with Gasteiger partial charge >= 0.3 is 0 Å². The van der Waals surface area contributed by atoms with Crippen molar-refractivity contribution in [2.45, 2.75) is 25.2 Å². The molecule has 25 heavy (non-hydrogen) atoms. The van der Waals surface area contributed by atoms with Crippen molar-refractivity contribution < 1.29 is 4.79 Å². The maximum Gasteiger partial charge on any atom is 0.151 e. The fourth-order valence-electron chi connectivity index (χ4n) is 4.12. The van der Waals surface area contributed by atoms with Gasteiger partial charge in [0.15, 0.2) is 5.41 Å². The van der Waals surface area contributed by atoms with E-state index < -0.39 is 11.3 Å². The number of allylic oxidation sites excluding steroid dienone is 1. The molecule has 0 radical (unpaired) electrons. The fourth-order valence-corrected chi connectivity index (χ4v) is 4.12. The van der Waals surface area contributed by atoms with Gasteiger partial charge in [-0.15, -0.1) is 6.58 Å². The second-order valence-electron chi connectivity index (χ2n) is 6.86. The van der Waals surface area contributed by atoms with Crippen LogP contribution in [0.3, 0.4) is 0 Å². The third kappa shape index (κ3) is 2.94. The minimum Gasteiger partial charge on any atom is -0.303 e. The molecule has 0 unspecified atom stereocenters. The lowest BCUT2D eigenvalue weighted by Gasteiger charge is -2.32. The summed E-state index contributed by atoms with van der Waals surface area (Å²) in [5, 5.41) is 22.0. The molecule has 0 N–H and O–H groups in total. The van der Waals surface area contributed by atoms with E-state index in [9.17, 15) is 15.3 Å². The number of benzene rings is 2. The molecule has 124 valence electrons. The van der Waals surface area contributed by atoms with E-state index in [0.717, 1.165) is 29.0 Å². The van der Waals surface area contributed by atoms with E-state index in [2.05, 4.69) is 18.7 Å². The summed E-state index contributed by atoms with van der Waals surface area (Å²) in [6, 6.07) is 18.5. The van der Waals surface area contributed by atoms with Gasteiger partial charge in [-0.05, 0) is 41.5 Å². The number of carbonyl (C=O) groups excluding carboxylic acids is 1. The number of nitrogens with zero attached hydrogens (tertiary/aromatic N) is 2. The zero-order valence-electron chi connectivity index (χ0n) is 14.1. The molecule has 1 aliphatic carbocycles. The van der Waals surface area contributed by atoms with Crippen LogP contribution >= 0.6 is 0 Å². The Bertz CT molecular complexity index is 873. The minimum absolute atomic E-state index is 0.0761. The average molecular weight is 328 g/mol. The summed E-state index contributed by atoms with van der Waals surface area (Å²) >= 11 is 0. The Balaban J connectivity index is 2.18. The van der Waals surface area contributed by atoms with E-state index in [1.165, 1.54) is 0 Å². The van der Waals surface area contributed by atoms with Gasteiger partial charge in [0.1, 0.15) is 6.29 Å². The average Bonchev–Trinajstić information content (AvgIpc) is 2.84. The van der Waals surface area contributed by atoms with Gasteiger partial charge in [-0.2, -0.15) is 10.5 Å². The van der Waals surface area contributed by atoms with Crippen LogP contribution in [0.2, 0.25) is 0 Å². The smallest absolute Gasteiger partial charge is 0.151 e. The molecular formula is C22H20N2O. The third-order valence-electron chi connectivity index (χ3n) is 5.45. The zero-order chi connectivity index (χ0) is 17.9. The number of carbonyl (C=O) groups is 1. The van der Waals surface area contributed by atoms with Crippen LogP contribution in [0.25, 0.3) is 10.8 Å². The summed E-state index contributed by atoms with van der Waals surface area (Å²) in [5.74, 6) is -0.688. The molecule has 1 fully saturated rings. The lowest BCUT2D eigenvalue weighted by atomic mass is 9.66. The third-order valence-corrected chi connectivity index (χ3v) is 5.45. The molecule has 0 bridgehead atoms. The number of hydrogen-bond acceptors (Lipinski definition) is 3. The van der Waals surface area contributed by atoms with Crippen molar-refractivity contribution in [2.75, 3.05) is 0 Å². The van der Waals surface area contributed by atoms with Gasteiger partial charge in [-0.25, -0.2) is 0 Å². The molecule has 2 aromatic rings. The highest BCUT2D eigenvalue weighted by molar-refractivity contribution is 5.83. The van der Waals surface area contributed by atoms with Crippen LogP contribution in [0, 0.1) is 39.9 Å². The van der Waals surface area contributed by atoms with E-state index in [1.807, 2.05) is 48.5 Å². The van der Waals surface area contributed by atoms with Crippen LogP contribution < -0.4 is 0 Å². The van der Waals surface area contributed by atoms with E-state index in [-0.39, 0.29) is 11.8 Å². The molecule has 3 nitrogen and oxygen atoms in total. The molecule has 3 rings (SSSR count). The molecule has 0 amide bonds. The standard InChI is InChI=1S/C22H20N2O/c1-2-16-7-8-20(13-25)21(22(12-16,14-23)15-24)19-10-9-17-5-3-4-6-18(17)11-19/h2-6,9-11,13,16,20-21H,1,7-8,12H2/t16-,20-,21-/m1/s1. The van der Waals surface area contributed by atoms with Crippen molar-refractivity contribution in [3.63, 3.8) is 0 Å². The number of aldehydes is 1. The van der Waals surface area contributed by atoms with Gasteiger partial charge < -0.3 is 4.79 Å². The Hall–Kier alpha value is -2.91. The number of rotatable bonds is 3. The second kappa shape index (κ2) is 6.91. The minimum atomic E-state index is -1.22. The summed E-state index contributed by atoms with van der Waals surface area (Å²) in [4.78, 5) is 11.8. The Kier molecular flexibility index (Phi) is 4.68. The van der Waals surface area contributed by atoms with Crippen LogP contribution in [0.5, 0.6) is 0 Å². The quantitative estimate of drug-likeness (QED) is 0.463. The first kappa shape index (κ1) is 16.9. The largest absolute Gasteiger partial charge is 0.303 e. The van der Waals surface area contributed by atoms with Crippen molar-refractivity contribution in [3.05, 3.63) is 60.7 Å². The zero-order valence-corrected chi connectivity index (χ0v) is 14.1. The lowest BCUT2D eigenvalue weighted by molar-refractivity contribution is -0.112. The summed E-state index contributed by atoms with van der Waals surface area (Å²) in [7, 11) is 0. The van der Waals surface area contributed by atoms with Gasteiger partial charge in [0, 0.05) is 11.8 Å². The van der Waals surface area contributed by atoms with Crippen LogP contribution in [0.15, 0.2) is 55.1 Å². The number of nitriles is 2. The van der Waals surface area contributed by atoms with E-state index in [4.69, 9.17) is 0 Å². The Morgan fingerprint density at radius 3 is 2.44 bits per heavy atom. The van der Waals surface area contributed by atoms with Gasteiger partial charge in [0.05, 0.1) is 12.1 Å². The van der Waals surface area contributed by atoms with Crippen molar-refractivity contribution in [1.29, 1.82) is 10.5 Å². The van der Waals surface area contributed by atoms with E-state index >= 15 is 0 Å². The first-order valence-electron chi connectivity index (χ1n) is 8.56. The van der Waals surface area contributed by atoms with Crippen LogP contribution in [-0.4, -0.2) is 6.29 Å². The predicted octanol–water partition coefficient (Wildman–Crippen LogP) is 4.76.